The molecule has 2 heterocycles. The first-order valence-corrected chi connectivity index (χ1v) is 9.28. The highest BCUT2D eigenvalue weighted by molar-refractivity contribution is 5.73. The summed E-state index contributed by atoms with van der Waals surface area (Å²) in [7, 11) is 1.76. The lowest BCUT2D eigenvalue weighted by atomic mass is 10.2. The lowest BCUT2D eigenvalue weighted by Crippen LogP contribution is -2.36. The van der Waals surface area contributed by atoms with Crippen molar-refractivity contribution in [3.05, 3.63) is 53.1 Å². The number of amides is 2. The van der Waals surface area contributed by atoms with Crippen molar-refractivity contribution >= 4 is 6.03 Å². The van der Waals surface area contributed by atoms with Gasteiger partial charge < -0.3 is 14.7 Å². The van der Waals surface area contributed by atoms with Gasteiger partial charge in [-0.05, 0) is 39.8 Å². The first kappa shape index (κ1) is 19.6. The zero-order valence-electron chi connectivity index (χ0n) is 16.9. The van der Waals surface area contributed by atoms with Crippen LogP contribution < -0.4 is 5.32 Å². The van der Waals surface area contributed by atoms with E-state index in [1.54, 1.807) is 11.9 Å². The molecule has 0 atom stereocenters. The molecule has 0 saturated heterocycles. The van der Waals surface area contributed by atoms with E-state index in [0.29, 0.717) is 18.3 Å². The first-order chi connectivity index (χ1) is 13.4. The molecule has 1 aromatic carbocycles. The Hall–Kier alpha value is -3.16. The highest BCUT2D eigenvalue weighted by atomic mass is 16.5. The zero-order chi connectivity index (χ0) is 20.3. The van der Waals surface area contributed by atoms with Crippen LogP contribution in [0.1, 0.15) is 42.7 Å². The molecule has 8 nitrogen and oxygen atoms in total. The second-order valence-electron chi connectivity index (χ2n) is 7.08. The fourth-order valence-corrected chi connectivity index (χ4v) is 3.05. The van der Waals surface area contributed by atoms with Crippen LogP contribution >= 0.6 is 0 Å². The van der Waals surface area contributed by atoms with E-state index in [0.717, 1.165) is 22.5 Å². The molecule has 28 heavy (non-hydrogen) atoms. The van der Waals surface area contributed by atoms with Crippen LogP contribution in [0.3, 0.4) is 0 Å². The molecule has 0 aliphatic rings. The van der Waals surface area contributed by atoms with Crippen LogP contribution in [0.4, 0.5) is 4.79 Å². The van der Waals surface area contributed by atoms with E-state index >= 15 is 0 Å². The lowest BCUT2D eigenvalue weighted by molar-refractivity contribution is 0.206. The smallest absolute Gasteiger partial charge is 0.317 e. The Balaban J connectivity index is 1.59. The Bertz CT molecular complexity index is 945. The summed E-state index contributed by atoms with van der Waals surface area (Å²) in [5, 5.41) is 11.3. The summed E-state index contributed by atoms with van der Waals surface area (Å²) >= 11 is 0. The van der Waals surface area contributed by atoms with Gasteiger partial charge in [0.2, 0.25) is 0 Å². The molecule has 0 spiro atoms. The Morgan fingerprint density at radius 3 is 2.61 bits per heavy atom. The molecule has 0 bridgehead atoms. The van der Waals surface area contributed by atoms with E-state index in [4.69, 9.17) is 4.52 Å². The molecule has 1 N–H and O–H groups in total. The molecule has 0 saturated carbocycles. The van der Waals surface area contributed by atoms with E-state index in [2.05, 4.69) is 34.4 Å². The summed E-state index contributed by atoms with van der Waals surface area (Å²) in [6, 6.07) is 9.59. The van der Waals surface area contributed by atoms with Crippen molar-refractivity contribution in [3.8, 4) is 11.5 Å². The molecular weight excluding hydrogens is 356 g/mol. The van der Waals surface area contributed by atoms with E-state index in [-0.39, 0.29) is 18.6 Å². The predicted octanol–water partition coefficient (Wildman–Crippen LogP) is 3.47. The highest BCUT2D eigenvalue weighted by Gasteiger charge is 2.18. The largest absolute Gasteiger partial charge is 0.334 e. The van der Waals surface area contributed by atoms with Crippen molar-refractivity contribution in [1.29, 1.82) is 0 Å². The number of nitrogens with one attached hydrogen (secondary N) is 1. The van der Waals surface area contributed by atoms with Gasteiger partial charge in [0.1, 0.15) is 0 Å². The van der Waals surface area contributed by atoms with E-state index < -0.39 is 0 Å². The van der Waals surface area contributed by atoms with Gasteiger partial charge in [0.25, 0.3) is 5.89 Å². The van der Waals surface area contributed by atoms with Gasteiger partial charge in [-0.2, -0.15) is 10.1 Å². The topological polar surface area (TPSA) is 89.1 Å². The van der Waals surface area contributed by atoms with Crippen LogP contribution in [0.15, 0.2) is 34.9 Å². The number of carbonyl (C=O) groups excluding carboxylic acids is 1. The fraction of sp³-hybridized carbons (Fsp3) is 0.400. The summed E-state index contributed by atoms with van der Waals surface area (Å²) in [6.45, 7) is 8.87. The Kier molecular flexibility index (Phi) is 5.77. The maximum atomic E-state index is 12.5. The van der Waals surface area contributed by atoms with Crippen LogP contribution in [0.2, 0.25) is 0 Å². The summed E-state index contributed by atoms with van der Waals surface area (Å²) in [6.07, 6.45) is 0. The average Bonchev–Trinajstić information content (AvgIpc) is 3.27. The predicted molar refractivity (Wildman–Crippen MR) is 106 cm³/mol. The molecule has 3 rings (SSSR count). The first-order valence-electron chi connectivity index (χ1n) is 9.28. The minimum Gasteiger partial charge on any atom is -0.334 e. The number of aryl methyl sites for hydroxylation is 1. The Morgan fingerprint density at radius 1 is 1.25 bits per heavy atom. The Labute approximate surface area is 164 Å². The number of hydrogen-bond donors (Lipinski definition) is 1. The molecule has 0 aliphatic carbocycles. The number of urea groups is 1. The minimum atomic E-state index is -0.206. The summed E-state index contributed by atoms with van der Waals surface area (Å²) in [5.41, 5.74) is 3.93. The van der Waals surface area contributed by atoms with Crippen molar-refractivity contribution in [1.82, 2.24) is 30.1 Å². The SMILES string of the molecule is Cc1nn(C(C)C)c(C)c1CN(C)C(=O)NCc1noc(-c2ccccc2)n1. The van der Waals surface area contributed by atoms with E-state index in [1.807, 2.05) is 48.9 Å². The van der Waals surface area contributed by atoms with Gasteiger partial charge in [0, 0.05) is 29.9 Å². The molecular formula is C20H26N6O2. The van der Waals surface area contributed by atoms with Crippen molar-refractivity contribution in [2.24, 2.45) is 0 Å². The van der Waals surface area contributed by atoms with E-state index in [9.17, 15) is 4.79 Å². The molecule has 8 heteroatoms. The van der Waals surface area contributed by atoms with Crippen molar-refractivity contribution in [2.45, 2.75) is 46.8 Å². The van der Waals surface area contributed by atoms with Crippen molar-refractivity contribution in [2.75, 3.05) is 7.05 Å². The number of benzene rings is 1. The van der Waals surface area contributed by atoms with Gasteiger partial charge in [0.15, 0.2) is 5.82 Å². The molecule has 148 valence electrons. The molecule has 0 radical (unpaired) electrons. The van der Waals surface area contributed by atoms with E-state index in [1.165, 1.54) is 0 Å². The third kappa shape index (κ3) is 4.21. The van der Waals surface area contributed by atoms with Gasteiger partial charge >= 0.3 is 6.03 Å². The number of rotatable bonds is 6. The number of aromatic nitrogens is 4. The molecule has 0 fully saturated rings. The fourth-order valence-electron chi connectivity index (χ4n) is 3.05. The molecule has 2 amide bonds. The summed E-state index contributed by atoms with van der Waals surface area (Å²) < 4.78 is 7.25. The number of nitrogens with zero attached hydrogens (tertiary/aromatic N) is 5. The van der Waals surface area contributed by atoms with Gasteiger partial charge in [-0.15, -0.1) is 0 Å². The Morgan fingerprint density at radius 2 is 1.96 bits per heavy atom. The summed E-state index contributed by atoms with van der Waals surface area (Å²) in [4.78, 5) is 18.4. The maximum Gasteiger partial charge on any atom is 0.317 e. The van der Waals surface area contributed by atoms with Crippen molar-refractivity contribution < 1.29 is 9.32 Å². The summed E-state index contributed by atoms with van der Waals surface area (Å²) in [5.74, 6) is 0.867. The lowest BCUT2D eigenvalue weighted by Gasteiger charge is -2.18. The average molecular weight is 382 g/mol. The molecule has 2 aromatic heterocycles. The quantitative estimate of drug-likeness (QED) is 0.705. The van der Waals surface area contributed by atoms with Gasteiger partial charge in [-0.3, -0.25) is 4.68 Å². The maximum absolute atomic E-state index is 12.5. The van der Waals surface area contributed by atoms with Crippen LogP contribution in [0.25, 0.3) is 11.5 Å². The minimum absolute atomic E-state index is 0.197. The molecule has 3 aromatic rings. The standard InChI is InChI=1S/C20H26N6O2/c1-13(2)26-15(4)17(14(3)23-26)12-25(5)20(27)21-11-18-22-19(28-24-18)16-9-7-6-8-10-16/h6-10,13H,11-12H2,1-5H3,(H,21,27). The van der Waals surface area contributed by atoms with Crippen molar-refractivity contribution in [3.63, 3.8) is 0 Å². The second-order valence-corrected chi connectivity index (χ2v) is 7.08. The van der Waals surface area contributed by atoms with Crippen LogP contribution in [0, 0.1) is 13.8 Å². The van der Waals surface area contributed by atoms with Gasteiger partial charge in [-0.25, -0.2) is 4.79 Å². The van der Waals surface area contributed by atoms with Crippen LogP contribution in [-0.4, -0.2) is 37.9 Å². The number of hydrogen-bond acceptors (Lipinski definition) is 5. The highest BCUT2D eigenvalue weighted by Crippen LogP contribution is 2.19. The zero-order valence-corrected chi connectivity index (χ0v) is 16.9. The molecule has 0 unspecified atom stereocenters. The van der Waals surface area contributed by atoms with Crippen LogP contribution in [-0.2, 0) is 13.1 Å². The molecule has 0 aliphatic heterocycles. The number of carbonyl (C=O) groups is 1. The van der Waals surface area contributed by atoms with Gasteiger partial charge in [-0.1, -0.05) is 23.4 Å². The monoisotopic (exact) mass is 382 g/mol. The third-order valence-corrected chi connectivity index (χ3v) is 4.59. The normalized spacial score (nSPS) is 11.1. The van der Waals surface area contributed by atoms with Gasteiger partial charge in [0.05, 0.1) is 18.8 Å². The van der Waals surface area contributed by atoms with Crippen LogP contribution in [0.5, 0.6) is 0 Å². The third-order valence-electron chi connectivity index (χ3n) is 4.59. The second kappa shape index (κ2) is 8.24.